The van der Waals surface area contributed by atoms with Gasteiger partial charge in [-0.25, -0.2) is 9.59 Å². The van der Waals surface area contributed by atoms with Gasteiger partial charge in [0.05, 0.1) is 6.61 Å². The maximum atomic E-state index is 11.6. The van der Waals surface area contributed by atoms with Crippen molar-refractivity contribution in [1.29, 1.82) is 0 Å². The van der Waals surface area contributed by atoms with Crippen molar-refractivity contribution < 1.29 is 19.8 Å². The number of aliphatic hydroxyl groups is 1. The molecular formula is C11H20N2O4S. The first kappa shape index (κ1) is 15.1. The van der Waals surface area contributed by atoms with E-state index in [1.54, 1.807) is 11.8 Å². The Balaban J connectivity index is 2.37. The van der Waals surface area contributed by atoms with Gasteiger partial charge in [0.25, 0.3) is 0 Å². The number of aliphatic carboxylic acids is 1. The first-order valence-corrected chi connectivity index (χ1v) is 7.29. The van der Waals surface area contributed by atoms with E-state index in [4.69, 9.17) is 10.2 Å². The molecule has 104 valence electrons. The van der Waals surface area contributed by atoms with Gasteiger partial charge in [0.15, 0.2) is 6.04 Å². The lowest BCUT2D eigenvalue weighted by Gasteiger charge is -2.29. The molecule has 7 heteroatoms. The van der Waals surface area contributed by atoms with Crippen molar-refractivity contribution in [3.8, 4) is 0 Å². The van der Waals surface area contributed by atoms with Gasteiger partial charge in [0.2, 0.25) is 0 Å². The van der Waals surface area contributed by atoms with E-state index in [-0.39, 0.29) is 6.04 Å². The van der Waals surface area contributed by atoms with Crippen LogP contribution in [0.15, 0.2) is 0 Å². The predicted octanol–water partition coefficient (Wildman–Crippen LogP) is 0.405. The summed E-state index contributed by atoms with van der Waals surface area (Å²) in [6.45, 7) is -0.610. The topological polar surface area (TPSA) is 98.7 Å². The fourth-order valence-corrected chi connectivity index (χ4v) is 2.89. The van der Waals surface area contributed by atoms with Crippen molar-refractivity contribution in [2.45, 2.75) is 43.0 Å². The summed E-state index contributed by atoms with van der Waals surface area (Å²) >= 11 is 1.79. The lowest BCUT2D eigenvalue weighted by Crippen LogP contribution is -2.51. The van der Waals surface area contributed by atoms with Crippen molar-refractivity contribution in [3.63, 3.8) is 0 Å². The standard InChI is InChI=1S/C11H20N2O4S/c1-18-8-4-2-3-7(5-8)12-11(17)13-9(6-14)10(15)16/h7-9,14H,2-6H2,1H3,(H,15,16)(H2,12,13,17)/t7?,8?,9-/m1/s1. The Morgan fingerprint density at radius 1 is 1.44 bits per heavy atom. The maximum Gasteiger partial charge on any atom is 0.328 e. The number of hydrogen-bond acceptors (Lipinski definition) is 4. The van der Waals surface area contributed by atoms with Crippen molar-refractivity contribution in [2.75, 3.05) is 12.9 Å². The summed E-state index contributed by atoms with van der Waals surface area (Å²) in [5, 5.41) is 23.1. The fraction of sp³-hybridized carbons (Fsp3) is 0.818. The normalized spacial score (nSPS) is 25.2. The number of nitrogens with one attached hydrogen (secondary N) is 2. The Labute approximate surface area is 111 Å². The predicted molar refractivity (Wildman–Crippen MR) is 69.7 cm³/mol. The Kier molecular flexibility index (Phi) is 6.28. The van der Waals surface area contributed by atoms with Crippen molar-refractivity contribution in [1.82, 2.24) is 10.6 Å². The highest BCUT2D eigenvalue weighted by atomic mass is 32.2. The number of thioether (sulfide) groups is 1. The molecule has 4 N–H and O–H groups in total. The van der Waals surface area contributed by atoms with E-state index in [2.05, 4.69) is 16.9 Å². The minimum Gasteiger partial charge on any atom is -0.480 e. The molecule has 0 bridgehead atoms. The zero-order valence-corrected chi connectivity index (χ0v) is 11.2. The van der Waals surface area contributed by atoms with Crippen LogP contribution in [0, 0.1) is 0 Å². The van der Waals surface area contributed by atoms with E-state index >= 15 is 0 Å². The highest BCUT2D eigenvalue weighted by Gasteiger charge is 2.24. The van der Waals surface area contributed by atoms with E-state index in [0.717, 1.165) is 25.7 Å². The Bertz CT molecular complexity index is 301. The maximum absolute atomic E-state index is 11.6. The number of hydrogen-bond donors (Lipinski definition) is 4. The Hall–Kier alpha value is -0.950. The molecule has 2 amide bonds. The van der Waals surface area contributed by atoms with Crippen LogP contribution in [0.5, 0.6) is 0 Å². The molecule has 0 spiro atoms. The average Bonchev–Trinajstić information content (AvgIpc) is 2.35. The molecule has 0 aromatic rings. The molecule has 3 atom stereocenters. The van der Waals surface area contributed by atoms with Gasteiger partial charge in [-0.15, -0.1) is 0 Å². The summed E-state index contributed by atoms with van der Waals surface area (Å²) in [5.74, 6) is -1.24. The first-order valence-electron chi connectivity index (χ1n) is 6.00. The molecule has 0 aromatic heterocycles. The molecule has 1 aliphatic carbocycles. The fourth-order valence-electron chi connectivity index (χ4n) is 2.06. The third-order valence-electron chi connectivity index (χ3n) is 3.08. The highest BCUT2D eigenvalue weighted by Crippen LogP contribution is 2.26. The van der Waals surface area contributed by atoms with Crippen LogP contribution in [0.4, 0.5) is 4.79 Å². The number of aliphatic hydroxyl groups excluding tert-OH is 1. The van der Waals surface area contributed by atoms with Gasteiger partial charge in [-0.1, -0.05) is 6.42 Å². The van der Waals surface area contributed by atoms with Crippen LogP contribution in [0.3, 0.4) is 0 Å². The van der Waals surface area contributed by atoms with Gasteiger partial charge in [-0.05, 0) is 25.5 Å². The summed E-state index contributed by atoms with van der Waals surface area (Å²) in [6.07, 6.45) is 6.11. The number of carboxylic acid groups (broad SMARTS) is 1. The number of carbonyl (C=O) groups is 2. The zero-order chi connectivity index (χ0) is 13.5. The van der Waals surface area contributed by atoms with Gasteiger partial charge in [-0.2, -0.15) is 11.8 Å². The minimum atomic E-state index is -1.25. The number of carboxylic acids is 1. The molecule has 0 radical (unpaired) electrons. The molecule has 6 nitrogen and oxygen atoms in total. The quantitative estimate of drug-likeness (QED) is 0.583. The van der Waals surface area contributed by atoms with Crippen LogP contribution < -0.4 is 10.6 Å². The van der Waals surface area contributed by atoms with Gasteiger partial charge < -0.3 is 20.8 Å². The van der Waals surface area contributed by atoms with Gasteiger partial charge in [0, 0.05) is 11.3 Å². The highest BCUT2D eigenvalue weighted by molar-refractivity contribution is 7.99. The smallest absolute Gasteiger partial charge is 0.328 e. The molecule has 1 rings (SSSR count). The van der Waals surface area contributed by atoms with Crippen LogP contribution in [0.25, 0.3) is 0 Å². The summed E-state index contributed by atoms with van der Waals surface area (Å²) in [5.41, 5.74) is 0. The van der Waals surface area contributed by atoms with E-state index in [1.807, 2.05) is 0 Å². The monoisotopic (exact) mass is 276 g/mol. The van der Waals surface area contributed by atoms with Gasteiger partial charge >= 0.3 is 12.0 Å². The number of rotatable bonds is 5. The molecule has 0 saturated heterocycles. The van der Waals surface area contributed by atoms with Crippen LogP contribution in [-0.2, 0) is 4.79 Å². The lowest BCUT2D eigenvalue weighted by atomic mass is 9.95. The minimum absolute atomic E-state index is 0.0873. The van der Waals surface area contributed by atoms with Gasteiger partial charge in [0.1, 0.15) is 0 Å². The molecule has 0 aromatic carbocycles. The lowest BCUT2D eigenvalue weighted by molar-refractivity contribution is -0.140. The van der Waals surface area contributed by atoms with E-state index in [9.17, 15) is 9.59 Å². The Morgan fingerprint density at radius 3 is 2.72 bits per heavy atom. The third kappa shape index (κ3) is 4.73. The molecule has 1 saturated carbocycles. The molecule has 0 heterocycles. The van der Waals surface area contributed by atoms with Crippen LogP contribution >= 0.6 is 11.8 Å². The van der Waals surface area contributed by atoms with Crippen molar-refractivity contribution >= 4 is 23.8 Å². The second-order valence-electron chi connectivity index (χ2n) is 4.41. The zero-order valence-electron chi connectivity index (χ0n) is 10.4. The van der Waals surface area contributed by atoms with Crippen LogP contribution in [0.2, 0.25) is 0 Å². The molecule has 2 unspecified atom stereocenters. The van der Waals surface area contributed by atoms with E-state index in [1.165, 1.54) is 0 Å². The third-order valence-corrected chi connectivity index (χ3v) is 4.18. The summed E-state index contributed by atoms with van der Waals surface area (Å²) in [7, 11) is 0. The van der Waals surface area contributed by atoms with E-state index in [0.29, 0.717) is 5.25 Å². The molecule has 18 heavy (non-hydrogen) atoms. The molecule has 0 aliphatic heterocycles. The molecule has 1 fully saturated rings. The van der Waals surface area contributed by atoms with Crippen molar-refractivity contribution in [3.05, 3.63) is 0 Å². The summed E-state index contributed by atoms with van der Waals surface area (Å²) in [6, 6.07) is -1.68. The van der Waals surface area contributed by atoms with Crippen LogP contribution in [-0.4, -0.2) is 52.4 Å². The summed E-state index contributed by atoms with van der Waals surface area (Å²) < 4.78 is 0. The summed E-state index contributed by atoms with van der Waals surface area (Å²) in [4.78, 5) is 22.2. The van der Waals surface area contributed by atoms with Gasteiger partial charge in [-0.3, -0.25) is 0 Å². The largest absolute Gasteiger partial charge is 0.480 e. The average molecular weight is 276 g/mol. The molecule has 1 aliphatic rings. The number of urea groups is 1. The SMILES string of the molecule is CSC1CCCC(NC(=O)N[C@H](CO)C(=O)O)C1. The molecular weight excluding hydrogens is 256 g/mol. The number of amides is 2. The van der Waals surface area contributed by atoms with E-state index < -0.39 is 24.6 Å². The first-order chi connectivity index (χ1) is 8.56. The second kappa shape index (κ2) is 7.48. The second-order valence-corrected chi connectivity index (χ2v) is 5.55. The Morgan fingerprint density at radius 2 is 2.17 bits per heavy atom. The number of carbonyl (C=O) groups excluding carboxylic acids is 1. The van der Waals surface area contributed by atoms with Crippen LogP contribution in [0.1, 0.15) is 25.7 Å². The van der Waals surface area contributed by atoms with Crippen molar-refractivity contribution in [2.24, 2.45) is 0 Å².